The summed E-state index contributed by atoms with van der Waals surface area (Å²) in [6, 6.07) is 86.4. The van der Waals surface area contributed by atoms with E-state index in [0.29, 0.717) is 0 Å². The van der Waals surface area contributed by atoms with Gasteiger partial charge in [-0.05, 0) is 172 Å². The van der Waals surface area contributed by atoms with Crippen molar-refractivity contribution in [3.63, 3.8) is 0 Å². The lowest BCUT2D eigenvalue weighted by Crippen LogP contribution is -2.27. The maximum Gasteiger partial charge on any atom is 0.0726 e. The third kappa shape index (κ3) is 5.99. The summed E-state index contributed by atoms with van der Waals surface area (Å²) in [5.41, 5.74) is 28.7. The van der Waals surface area contributed by atoms with E-state index in [1.165, 1.54) is 111 Å². The summed E-state index contributed by atoms with van der Waals surface area (Å²) in [6.07, 6.45) is 0. The van der Waals surface area contributed by atoms with Crippen LogP contribution < -0.4 is 4.90 Å². The second-order valence-electron chi connectivity index (χ2n) is 23.9. The van der Waals surface area contributed by atoms with E-state index >= 15 is 0 Å². The largest absolute Gasteiger partial charge is 0.310 e. The SMILES string of the molecule is CC(C)(C)c1ccc2c(c1)C1(c3ccccc3-c3ccc(N(c4ccc5c(c4)-c4ccccc4C5(C)c4ccccc4)c4ccc5c(c4)C(C)(c4ccccc4)c4ccccc4-5)cc31)c1cc(C(C)(C)C)ccc1-2. The summed E-state index contributed by atoms with van der Waals surface area (Å²) in [6.45, 7) is 18.9. The van der Waals surface area contributed by atoms with Crippen molar-refractivity contribution in [3.8, 4) is 44.5 Å². The molecule has 14 rings (SSSR count). The van der Waals surface area contributed by atoms with Gasteiger partial charge in [-0.25, -0.2) is 0 Å². The Labute approximate surface area is 437 Å². The highest BCUT2D eigenvalue weighted by Crippen LogP contribution is 2.65. The van der Waals surface area contributed by atoms with Crippen molar-refractivity contribution in [1.82, 2.24) is 0 Å². The fourth-order valence-corrected chi connectivity index (χ4v) is 14.1. The Morgan fingerprint density at radius 1 is 0.270 bits per heavy atom. The number of hydrogen-bond donors (Lipinski definition) is 0. The zero-order valence-electron chi connectivity index (χ0n) is 43.8. The lowest BCUT2D eigenvalue weighted by Gasteiger charge is -2.34. The molecule has 0 saturated heterocycles. The number of anilines is 3. The molecule has 1 nitrogen and oxygen atoms in total. The second kappa shape index (κ2) is 15.5. The molecule has 358 valence electrons. The van der Waals surface area contributed by atoms with Crippen LogP contribution in [-0.2, 0) is 27.1 Å². The molecule has 0 heterocycles. The molecule has 4 aliphatic rings. The Morgan fingerprint density at radius 2 is 0.608 bits per heavy atom. The van der Waals surface area contributed by atoms with Crippen molar-refractivity contribution in [2.45, 2.75) is 82.5 Å². The van der Waals surface area contributed by atoms with E-state index in [1.807, 2.05) is 0 Å². The summed E-state index contributed by atoms with van der Waals surface area (Å²) >= 11 is 0. The summed E-state index contributed by atoms with van der Waals surface area (Å²) in [4.78, 5) is 2.57. The predicted octanol–water partition coefficient (Wildman–Crippen LogP) is 18.8. The van der Waals surface area contributed by atoms with Gasteiger partial charge >= 0.3 is 0 Å². The van der Waals surface area contributed by atoms with Crippen LogP contribution in [0.2, 0.25) is 0 Å². The van der Waals surface area contributed by atoms with Gasteiger partial charge in [0.2, 0.25) is 0 Å². The van der Waals surface area contributed by atoms with Gasteiger partial charge in [-0.2, -0.15) is 0 Å². The lowest BCUT2D eigenvalue weighted by molar-refractivity contribution is 0.586. The Morgan fingerprint density at radius 3 is 1.12 bits per heavy atom. The molecule has 2 atom stereocenters. The predicted molar refractivity (Wildman–Crippen MR) is 310 cm³/mol. The zero-order chi connectivity index (χ0) is 50.5. The highest BCUT2D eigenvalue weighted by Gasteiger charge is 2.53. The van der Waals surface area contributed by atoms with Gasteiger partial charge in [-0.1, -0.05) is 230 Å². The summed E-state index contributed by atoms with van der Waals surface area (Å²) in [5, 5.41) is 0. The molecule has 0 fully saturated rings. The molecule has 0 bridgehead atoms. The number of benzene rings is 10. The first-order chi connectivity index (χ1) is 35.7. The van der Waals surface area contributed by atoms with E-state index in [0.717, 1.165) is 17.1 Å². The minimum absolute atomic E-state index is 0.0363. The van der Waals surface area contributed by atoms with E-state index in [4.69, 9.17) is 0 Å². The van der Waals surface area contributed by atoms with Crippen molar-refractivity contribution in [2.75, 3.05) is 4.90 Å². The molecule has 10 aromatic carbocycles. The fourth-order valence-electron chi connectivity index (χ4n) is 14.1. The Bertz CT molecular complexity index is 3890. The molecule has 10 aromatic rings. The first-order valence-corrected chi connectivity index (χ1v) is 26.7. The fraction of sp³-hybridized carbons (Fsp3) is 0.178. The average molecular weight is 952 g/mol. The van der Waals surface area contributed by atoms with Crippen molar-refractivity contribution < 1.29 is 0 Å². The van der Waals surface area contributed by atoms with Crippen molar-refractivity contribution >= 4 is 17.1 Å². The third-order valence-corrected chi connectivity index (χ3v) is 18.0. The average Bonchev–Trinajstić information content (AvgIpc) is 4.11. The van der Waals surface area contributed by atoms with Gasteiger partial charge in [0.05, 0.1) is 5.41 Å². The maximum atomic E-state index is 2.58. The van der Waals surface area contributed by atoms with Crippen LogP contribution in [-0.4, -0.2) is 0 Å². The van der Waals surface area contributed by atoms with Crippen LogP contribution >= 0.6 is 0 Å². The molecular weight excluding hydrogens is 891 g/mol. The van der Waals surface area contributed by atoms with Crippen molar-refractivity contribution in [1.29, 1.82) is 0 Å². The van der Waals surface area contributed by atoms with E-state index in [9.17, 15) is 0 Å². The summed E-state index contributed by atoms with van der Waals surface area (Å²) < 4.78 is 0. The second-order valence-corrected chi connectivity index (χ2v) is 23.9. The van der Waals surface area contributed by atoms with Crippen LogP contribution in [0.25, 0.3) is 44.5 Å². The smallest absolute Gasteiger partial charge is 0.0726 e. The Hall–Kier alpha value is -8.00. The van der Waals surface area contributed by atoms with Gasteiger partial charge in [0.1, 0.15) is 0 Å². The topological polar surface area (TPSA) is 3.24 Å². The quantitative estimate of drug-likeness (QED) is 0.166. The molecule has 4 aliphatic carbocycles. The molecule has 0 aromatic heterocycles. The molecular formula is C73H61N. The molecule has 0 amide bonds. The minimum Gasteiger partial charge on any atom is -0.310 e. The van der Waals surface area contributed by atoms with Crippen LogP contribution in [0.1, 0.15) is 122 Å². The normalized spacial score (nSPS) is 17.9. The van der Waals surface area contributed by atoms with Crippen LogP contribution in [0.4, 0.5) is 17.1 Å². The first kappa shape index (κ1) is 44.7. The molecule has 1 spiro atoms. The first-order valence-electron chi connectivity index (χ1n) is 26.7. The standard InChI is InChI=1S/C73H61N/c1-69(2,3)48-31-36-57-58-37-32-49(70(4,5)6)42-67(58)73(66(57)41-48)64-30-20-17-26-54(64)59-39-34-52(45-68(59)73)74(50-35-40-63-60(43-50)55-27-16-19-29-62(55)71(63,7)46-21-11-9-12-22-46)51-33-38-56-53-25-15-18-28-61(53)72(8,65(56)44-51)47-23-13-10-14-24-47/h9-45H,1-8H3. The minimum atomic E-state index is -0.541. The van der Waals surface area contributed by atoms with Crippen LogP contribution in [0, 0.1) is 0 Å². The van der Waals surface area contributed by atoms with Crippen LogP contribution in [0.3, 0.4) is 0 Å². The number of nitrogens with zero attached hydrogens (tertiary/aromatic N) is 1. The molecule has 74 heavy (non-hydrogen) atoms. The highest BCUT2D eigenvalue weighted by molar-refractivity contribution is 5.98. The van der Waals surface area contributed by atoms with E-state index in [-0.39, 0.29) is 21.7 Å². The number of fused-ring (bicyclic) bond motifs is 16. The van der Waals surface area contributed by atoms with Crippen LogP contribution in [0.5, 0.6) is 0 Å². The molecule has 0 radical (unpaired) electrons. The third-order valence-electron chi connectivity index (χ3n) is 18.0. The van der Waals surface area contributed by atoms with E-state index in [1.54, 1.807) is 0 Å². The van der Waals surface area contributed by atoms with Crippen molar-refractivity contribution in [3.05, 3.63) is 291 Å². The monoisotopic (exact) mass is 951 g/mol. The van der Waals surface area contributed by atoms with E-state index < -0.39 is 5.41 Å². The van der Waals surface area contributed by atoms with E-state index in [2.05, 4.69) is 285 Å². The van der Waals surface area contributed by atoms with Crippen LogP contribution in [0.15, 0.2) is 224 Å². The molecule has 0 saturated carbocycles. The zero-order valence-corrected chi connectivity index (χ0v) is 43.8. The van der Waals surface area contributed by atoms with Gasteiger partial charge in [0.15, 0.2) is 0 Å². The molecule has 2 unspecified atom stereocenters. The van der Waals surface area contributed by atoms with Gasteiger partial charge < -0.3 is 4.90 Å². The number of rotatable bonds is 5. The van der Waals surface area contributed by atoms with Gasteiger partial charge in [-0.3, -0.25) is 0 Å². The lowest BCUT2D eigenvalue weighted by atomic mass is 9.68. The van der Waals surface area contributed by atoms with Gasteiger partial charge in [0.25, 0.3) is 0 Å². The van der Waals surface area contributed by atoms with Crippen molar-refractivity contribution in [2.24, 2.45) is 0 Å². The van der Waals surface area contributed by atoms with Gasteiger partial charge in [-0.15, -0.1) is 0 Å². The summed E-state index contributed by atoms with van der Waals surface area (Å²) in [5.74, 6) is 0. The maximum absolute atomic E-state index is 2.58. The number of hydrogen-bond acceptors (Lipinski definition) is 1. The molecule has 0 aliphatic heterocycles. The van der Waals surface area contributed by atoms with Gasteiger partial charge in [0, 0.05) is 27.9 Å². The molecule has 0 N–H and O–H groups in total. The Kier molecular flexibility index (Phi) is 9.37. The Balaban J connectivity index is 1.05. The summed E-state index contributed by atoms with van der Waals surface area (Å²) in [7, 11) is 0. The highest BCUT2D eigenvalue weighted by atomic mass is 15.1. The molecule has 1 heteroatoms.